The van der Waals surface area contributed by atoms with Crippen LogP contribution in [0.1, 0.15) is 183 Å². The van der Waals surface area contributed by atoms with Gasteiger partial charge in [-0.05, 0) is 87.9 Å². The van der Waals surface area contributed by atoms with Crippen LogP contribution in [0.2, 0.25) is 0 Å². The van der Waals surface area contributed by atoms with E-state index >= 15 is 0 Å². The van der Waals surface area contributed by atoms with E-state index in [0.29, 0.717) is 89.7 Å². The zero-order valence-electron chi connectivity index (χ0n) is 43.1. The molecular formula is C55H98O11. The number of unbranched alkanes of at least 4 members (excludes halogenated alkanes) is 10. The highest BCUT2D eigenvalue weighted by atomic mass is 16.5. The fourth-order valence-electron chi connectivity index (χ4n) is 8.89. The number of carbonyl (C=O) groups excluding carboxylic acids is 4. The highest BCUT2D eigenvalue weighted by molar-refractivity contribution is 5.84. The van der Waals surface area contributed by atoms with Crippen LogP contribution in [0.15, 0.2) is 24.3 Å². The third-order valence-electron chi connectivity index (χ3n) is 13.1. The number of hydrogen-bond donors (Lipinski definition) is 1. The van der Waals surface area contributed by atoms with Gasteiger partial charge in [0, 0.05) is 57.7 Å². The second-order valence-electron chi connectivity index (χ2n) is 19.2. The first-order valence-electron chi connectivity index (χ1n) is 26.6. The molecule has 0 saturated heterocycles. The van der Waals surface area contributed by atoms with Gasteiger partial charge in [-0.1, -0.05) is 131 Å². The molecular weight excluding hydrogens is 837 g/mol. The minimum atomic E-state index is -0.162. The van der Waals surface area contributed by atoms with Crippen molar-refractivity contribution in [2.24, 2.45) is 47.3 Å². The first-order valence-corrected chi connectivity index (χ1v) is 26.6. The predicted molar refractivity (Wildman–Crippen MR) is 265 cm³/mol. The highest BCUT2D eigenvalue weighted by Gasteiger charge is 2.41. The summed E-state index contributed by atoms with van der Waals surface area (Å²) in [5.74, 6) is 1.37. The van der Waals surface area contributed by atoms with Crippen LogP contribution < -0.4 is 0 Å². The summed E-state index contributed by atoms with van der Waals surface area (Å²) in [6, 6.07) is 0. The van der Waals surface area contributed by atoms with Gasteiger partial charge < -0.3 is 33.5 Å². The average Bonchev–Trinajstić information content (AvgIpc) is 3.78. The summed E-state index contributed by atoms with van der Waals surface area (Å²) in [5.41, 5.74) is 0. The monoisotopic (exact) mass is 935 g/mol. The van der Waals surface area contributed by atoms with E-state index in [2.05, 4.69) is 45.1 Å². The zero-order valence-corrected chi connectivity index (χ0v) is 43.1. The molecule has 0 aromatic heterocycles. The summed E-state index contributed by atoms with van der Waals surface area (Å²) in [7, 11) is 0. The maximum absolute atomic E-state index is 12.6. The molecule has 11 heteroatoms. The lowest BCUT2D eigenvalue weighted by Gasteiger charge is -2.22. The number of rotatable bonds is 40. The molecule has 0 spiro atoms. The van der Waals surface area contributed by atoms with Gasteiger partial charge in [0.2, 0.25) is 0 Å². The molecule has 2 unspecified atom stereocenters. The van der Waals surface area contributed by atoms with Crippen molar-refractivity contribution in [3.63, 3.8) is 0 Å². The second kappa shape index (κ2) is 41.5. The average molecular weight is 935 g/mol. The van der Waals surface area contributed by atoms with E-state index in [-0.39, 0.29) is 59.8 Å². The van der Waals surface area contributed by atoms with Crippen molar-refractivity contribution in [1.82, 2.24) is 0 Å². The minimum absolute atomic E-state index is 0.0364. The molecule has 2 fully saturated rings. The first-order chi connectivity index (χ1) is 32.0. The van der Waals surface area contributed by atoms with Gasteiger partial charge in [0.05, 0.1) is 51.5 Å². The number of carbonyl (C=O) groups is 4. The molecule has 1 N–H and O–H groups in total. The lowest BCUT2D eigenvalue weighted by molar-refractivity contribution is -0.148. The number of aliphatic hydroxyl groups excluding tert-OH is 1. The standard InChI is InChI=1S/C28H50O5.C27H48O6/c1-5-7-8-10-13-17-31-20-21-32-19-16-25-24(6-2)22-27(29)26(25)15-12-9-11-14-18-33-28(30)23(3)4;1-4-5-6-8-11-15-31-18-19-32-17-14-24-23(21-28)20-26(29)25(24)13-10-7-9-12-16-33-27(30)22(2)3/h9,12,23-26H,5-8,10-11,13-22H2,1-4H3;7,10,22-25,28H,4-6,8-9,11-21H2,1-3H3/t24-,25+,26?;23-,24-,25?/m10/s1. The second-order valence-corrected chi connectivity index (χ2v) is 19.2. The van der Waals surface area contributed by atoms with E-state index in [4.69, 9.17) is 28.4 Å². The van der Waals surface area contributed by atoms with E-state index < -0.39 is 0 Å². The number of aliphatic hydroxyl groups is 1. The highest BCUT2D eigenvalue weighted by Crippen LogP contribution is 2.41. The SMILES string of the molecule is CCCCCCCOCCOCC[C@@H]1C(CC=CCCCOC(=O)C(C)C)C(=O)C[C@H]1CC.CCCCCCCOCCOCC[C@@H]1C(CC=CCCCOC(=O)C(C)C)C(=O)C[C@H]1CO. The fourth-order valence-corrected chi connectivity index (χ4v) is 8.89. The number of Topliss-reactive ketones (excluding diaryl/α,β-unsaturated/α-hetero) is 2. The van der Waals surface area contributed by atoms with Crippen LogP contribution >= 0.6 is 0 Å². The summed E-state index contributed by atoms with van der Waals surface area (Å²) in [6.45, 7) is 20.3. The Bertz CT molecular complexity index is 1180. The van der Waals surface area contributed by atoms with Gasteiger partial charge in [0.15, 0.2) is 0 Å². The number of allylic oxidation sites excluding steroid dienone is 4. The molecule has 2 rings (SSSR count). The summed E-state index contributed by atoms with van der Waals surface area (Å²) in [4.78, 5) is 48.0. The maximum atomic E-state index is 12.6. The van der Waals surface area contributed by atoms with Gasteiger partial charge in [-0.25, -0.2) is 0 Å². The van der Waals surface area contributed by atoms with Crippen LogP contribution in [0.25, 0.3) is 0 Å². The van der Waals surface area contributed by atoms with Crippen molar-refractivity contribution >= 4 is 23.5 Å². The van der Waals surface area contributed by atoms with Crippen LogP contribution in [0.4, 0.5) is 0 Å². The normalized spacial score (nSPS) is 20.9. The molecule has 0 bridgehead atoms. The van der Waals surface area contributed by atoms with E-state index in [1.165, 1.54) is 51.4 Å². The van der Waals surface area contributed by atoms with Crippen LogP contribution in [0.5, 0.6) is 0 Å². The molecule has 0 aliphatic heterocycles. The molecule has 0 heterocycles. The van der Waals surface area contributed by atoms with Crippen molar-refractivity contribution < 1.29 is 52.7 Å². The Morgan fingerprint density at radius 3 is 1.30 bits per heavy atom. The van der Waals surface area contributed by atoms with Crippen LogP contribution in [-0.2, 0) is 47.6 Å². The van der Waals surface area contributed by atoms with Gasteiger partial charge in [0.1, 0.15) is 11.6 Å². The number of ether oxygens (including phenoxy) is 6. The van der Waals surface area contributed by atoms with Crippen LogP contribution in [0.3, 0.4) is 0 Å². The van der Waals surface area contributed by atoms with E-state index in [9.17, 15) is 24.3 Å². The van der Waals surface area contributed by atoms with Gasteiger partial charge >= 0.3 is 11.9 Å². The van der Waals surface area contributed by atoms with E-state index in [1.54, 1.807) is 0 Å². The Morgan fingerprint density at radius 2 is 0.909 bits per heavy atom. The Balaban J connectivity index is 0.000000660. The molecule has 0 radical (unpaired) electrons. The van der Waals surface area contributed by atoms with E-state index in [1.807, 2.05) is 27.7 Å². The Hall–Kier alpha value is -2.44. The lowest BCUT2D eigenvalue weighted by atomic mass is 9.83. The minimum Gasteiger partial charge on any atom is -0.465 e. The number of esters is 2. The van der Waals surface area contributed by atoms with Gasteiger partial charge in [-0.2, -0.15) is 0 Å². The summed E-state index contributed by atoms with van der Waals surface area (Å²) < 4.78 is 33.2. The Kier molecular flexibility index (Phi) is 38.7. The van der Waals surface area contributed by atoms with Gasteiger partial charge in [-0.15, -0.1) is 0 Å². The third-order valence-corrected chi connectivity index (χ3v) is 13.1. The van der Waals surface area contributed by atoms with Crippen molar-refractivity contribution in [3.05, 3.63) is 24.3 Å². The van der Waals surface area contributed by atoms with Crippen molar-refractivity contribution in [2.75, 3.05) is 72.7 Å². The smallest absolute Gasteiger partial charge is 0.308 e. The quantitative estimate of drug-likeness (QED) is 0.0356. The van der Waals surface area contributed by atoms with Crippen LogP contribution in [-0.4, -0.2) is 101 Å². The van der Waals surface area contributed by atoms with Crippen LogP contribution in [0, 0.1) is 47.3 Å². The fraction of sp³-hybridized carbons (Fsp3) is 0.855. The van der Waals surface area contributed by atoms with Gasteiger partial charge in [0.25, 0.3) is 0 Å². The molecule has 2 aliphatic carbocycles. The predicted octanol–water partition coefficient (Wildman–Crippen LogP) is 11.7. The first kappa shape index (κ1) is 61.6. The van der Waals surface area contributed by atoms with E-state index in [0.717, 1.165) is 77.4 Å². The van der Waals surface area contributed by atoms with Crippen molar-refractivity contribution in [3.8, 4) is 0 Å². The molecule has 2 saturated carbocycles. The van der Waals surface area contributed by atoms with Crippen molar-refractivity contribution in [2.45, 2.75) is 183 Å². The molecule has 0 aromatic carbocycles. The molecule has 0 aromatic rings. The molecule has 11 nitrogen and oxygen atoms in total. The molecule has 2 aliphatic rings. The molecule has 66 heavy (non-hydrogen) atoms. The molecule has 384 valence electrons. The Morgan fingerprint density at radius 1 is 0.515 bits per heavy atom. The largest absolute Gasteiger partial charge is 0.465 e. The topological polar surface area (TPSA) is 144 Å². The number of hydrogen-bond acceptors (Lipinski definition) is 11. The molecule has 0 amide bonds. The summed E-state index contributed by atoms with van der Waals surface area (Å²) in [5, 5.41) is 9.73. The Labute approximate surface area is 402 Å². The van der Waals surface area contributed by atoms with Gasteiger partial charge in [-0.3, -0.25) is 19.2 Å². The maximum Gasteiger partial charge on any atom is 0.308 e. The van der Waals surface area contributed by atoms with Crippen molar-refractivity contribution in [1.29, 1.82) is 0 Å². The summed E-state index contributed by atoms with van der Waals surface area (Å²) in [6.07, 6.45) is 29.7. The third kappa shape index (κ3) is 29.4. The summed E-state index contributed by atoms with van der Waals surface area (Å²) >= 11 is 0. The molecule has 6 atom stereocenters. The number of ketones is 2. The lowest BCUT2D eigenvalue weighted by Crippen LogP contribution is -2.21. The zero-order chi connectivity index (χ0) is 48.6.